The molecule has 0 radical (unpaired) electrons. The summed E-state index contributed by atoms with van der Waals surface area (Å²) in [7, 11) is 1.72. The zero-order valence-electron chi connectivity index (χ0n) is 6.40. The van der Waals surface area contributed by atoms with Crippen LogP contribution in [-0.2, 0) is 7.05 Å². The number of aromatic nitrogens is 4. The molecule has 0 fully saturated rings. The normalized spacial score (nSPS) is 10.8. The van der Waals surface area contributed by atoms with Crippen LogP contribution in [0.3, 0.4) is 0 Å². The van der Waals surface area contributed by atoms with E-state index in [4.69, 9.17) is 5.73 Å². The molecule has 2 heterocycles. The summed E-state index contributed by atoms with van der Waals surface area (Å²) in [5, 5.41) is 10.3. The number of nitrogen functional groups attached to an aromatic ring is 1. The fourth-order valence-electron chi connectivity index (χ4n) is 1.07. The van der Waals surface area contributed by atoms with E-state index in [0.717, 1.165) is 0 Å². The molecule has 2 rings (SSSR count). The van der Waals surface area contributed by atoms with Gasteiger partial charge in [-0.2, -0.15) is 10.2 Å². The van der Waals surface area contributed by atoms with Gasteiger partial charge in [-0.05, 0) is 0 Å². The molecule has 0 saturated carbocycles. The smallest absolute Gasteiger partial charge is 0.275 e. The second-order valence-corrected chi connectivity index (χ2v) is 2.50. The lowest BCUT2D eigenvalue weighted by molar-refractivity contribution is 0.779. The van der Waals surface area contributed by atoms with E-state index >= 15 is 0 Å². The molecule has 0 aliphatic heterocycles. The first kappa shape index (κ1) is 6.84. The average Bonchev–Trinajstić information content (AvgIpc) is 2.41. The Balaban J connectivity index is 3.03. The number of anilines is 1. The van der Waals surface area contributed by atoms with Gasteiger partial charge in [-0.1, -0.05) is 0 Å². The van der Waals surface area contributed by atoms with E-state index in [1.165, 1.54) is 4.68 Å². The van der Waals surface area contributed by atoms with Gasteiger partial charge in [0.25, 0.3) is 5.56 Å². The molecule has 0 atom stereocenters. The minimum atomic E-state index is -0.271. The third-order valence-corrected chi connectivity index (χ3v) is 1.59. The van der Waals surface area contributed by atoms with Crippen LogP contribution in [0.5, 0.6) is 0 Å². The SMILES string of the molecule is Cn1cc2c(=O)[nH]nc(N)c2n1. The Morgan fingerprint density at radius 2 is 2.42 bits per heavy atom. The van der Waals surface area contributed by atoms with Crippen molar-refractivity contribution in [3.8, 4) is 0 Å². The van der Waals surface area contributed by atoms with Gasteiger partial charge in [0.05, 0.1) is 5.39 Å². The maximum absolute atomic E-state index is 11.1. The minimum absolute atomic E-state index is 0.241. The molecule has 0 spiro atoms. The zero-order chi connectivity index (χ0) is 8.72. The second-order valence-electron chi connectivity index (χ2n) is 2.50. The Bertz CT molecular complexity index is 482. The third kappa shape index (κ3) is 0.777. The number of nitrogens with two attached hydrogens (primary N) is 1. The molecule has 12 heavy (non-hydrogen) atoms. The van der Waals surface area contributed by atoms with Gasteiger partial charge in [-0.25, -0.2) is 5.10 Å². The molecule has 0 unspecified atom stereocenters. The first-order valence-corrected chi connectivity index (χ1v) is 3.36. The van der Waals surface area contributed by atoms with Gasteiger partial charge in [0, 0.05) is 13.2 Å². The van der Waals surface area contributed by atoms with Gasteiger partial charge < -0.3 is 5.73 Å². The number of aryl methyl sites for hydroxylation is 1. The number of hydrogen-bond donors (Lipinski definition) is 2. The molecular weight excluding hydrogens is 158 g/mol. The van der Waals surface area contributed by atoms with Crippen LogP contribution < -0.4 is 11.3 Å². The predicted octanol–water partition coefficient (Wildman–Crippen LogP) is -0.761. The van der Waals surface area contributed by atoms with Crippen molar-refractivity contribution >= 4 is 16.7 Å². The van der Waals surface area contributed by atoms with Crippen molar-refractivity contribution in [2.24, 2.45) is 7.05 Å². The lowest BCUT2D eigenvalue weighted by Gasteiger charge is -1.89. The van der Waals surface area contributed by atoms with Crippen molar-refractivity contribution in [3.63, 3.8) is 0 Å². The summed E-state index contributed by atoms with van der Waals surface area (Å²) in [5.41, 5.74) is 5.66. The molecule has 0 amide bonds. The molecule has 0 aliphatic rings. The summed E-state index contributed by atoms with van der Waals surface area (Å²) < 4.78 is 1.53. The summed E-state index contributed by atoms with van der Waals surface area (Å²) in [6, 6.07) is 0. The number of nitrogens with one attached hydrogen (secondary N) is 1. The van der Waals surface area contributed by atoms with E-state index in [1.807, 2.05) is 0 Å². The fraction of sp³-hybridized carbons (Fsp3) is 0.167. The Morgan fingerprint density at radius 1 is 1.67 bits per heavy atom. The maximum atomic E-state index is 11.1. The van der Waals surface area contributed by atoms with Crippen molar-refractivity contribution < 1.29 is 0 Å². The minimum Gasteiger partial charge on any atom is -0.380 e. The van der Waals surface area contributed by atoms with Crippen LogP contribution in [0.25, 0.3) is 10.9 Å². The predicted molar refractivity (Wildman–Crippen MR) is 43.5 cm³/mol. The molecule has 6 heteroatoms. The van der Waals surface area contributed by atoms with Crippen molar-refractivity contribution in [1.82, 2.24) is 20.0 Å². The van der Waals surface area contributed by atoms with Crippen LogP contribution in [0.1, 0.15) is 0 Å². The molecule has 3 N–H and O–H groups in total. The van der Waals surface area contributed by atoms with Crippen LogP contribution in [0, 0.1) is 0 Å². The van der Waals surface area contributed by atoms with Gasteiger partial charge in [-0.3, -0.25) is 9.48 Å². The lowest BCUT2D eigenvalue weighted by atomic mass is 10.4. The summed E-state index contributed by atoms with van der Waals surface area (Å²) in [4.78, 5) is 11.1. The molecule has 0 aliphatic carbocycles. The van der Waals surface area contributed by atoms with Crippen LogP contribution >= 0.6 is 0 Å². The van der Waals surface area contributed by atoms with Gasteiger partial charge in [0.15, 0.2) is 5.82 Å². The van der Waals surface area contributed by atoms with Gasteiger partial charge in [0.2, 0.25) is 0 Å². The number of nitrogens with zero attached hydrogens (tertiary/aromatic N) is 3. The number of hydrogen-bond acceptors (Lipinski definition) is 4. The first-order valence-electron chi connectivity index (χ1n) is 3.36. The van der Waals surface area contributed by atoms with Crippen molar-refractivity contribution in [3.05, 3.63) is 16.6 Å². The highest BCUT2D eigenvalue weighted by Crippen LogP contribution is 2.09. The van der Waals surface area contributed by atoms with Gasteiger partial charge in [0.1, 0.15) is 5.52 Å². The Morgan fingerprint density at radius 3 is 3.08 bits per heavy atom. The molecule has 2 aromatic heterocycles. The number of aromatic amines is 1. The Kier molecular flexibility index (Phi) is 1.18. The standard InChI is InChI=1S/C6H7N5O/c1-11-2-3-4(10-11)5(7)8-9-6(3)12/h2H,1H3,(H2,7,8)(H,9,12). The number of H-pyrrole nitrogens is 1. The molecule has 0 bridgehead atoms. The number of fused-ring (bicyclic) bond motifs is 1. The van der Waals surface area contributed by atoms with Crippen LogP contribution in [0.4, 0.5) is 5.82 Å². The quantitative estimate of drug-likeness (QED) is 0.536. The van der Waals surface area contributed by atoms with Crippen LogP contribution in [0.15, 0.2) is 11.0 Å². The maximum Gasteiger partial charge on any atom is 0.275 e. The van der Waals surface area contributed by atoms with Crippen molar-refractivity contribution in [2.45, 2.75) is 0 Å². The summed E-state index contributed by atoms with van der Waals surface area (Å²) in [5.74, 6) is 0.241. The van der Waals surface area contributed by atoms with E-state index in [0.29, 0.717) is 10.9 Å². The Hall–Kier alpha value is -1.85. The largest absolute Gasteiger partial charge is 0.380 e. The highest BCUT2D eigenvalue weighted by atomic mass is 16.1. The highest BCUT2D eigenvalue weighted by molar-refractivity contribution is 5.85. The Labute approximate surface area is 67.0 Å². The first-order chi connectivity index (χ1) is 5.68. The second kappa shape index (κ2) is 2.07. The summed E-state index contributed by atoms with van der Waals surface area (Å²) in [6.45, 7) is 0. The van der Waals surface area contributed by atoms with Gasteiger partial charge in [-0.15, -0.1) is 0 Å². The van der Waals surface area contributed by atoms with E-state index in [1.54, 1.807) is 13.2 Å². The topological polar surface area (TPSA) is 89.6 Å². The van der Waals surface area contributed by atoms with E-state index in [9.17, 15) is 4.79 Å². The van der Waals surface area contributed by atoms with Gasteiger partial charge >= 0.3 is 0 Å². The molecule has 6 nitrogen and oxygen atoms in total. The van der Waals surface area contributed by atoms with Crippen LogP contribution in [0.2, 0.25) is 0 Å². The molecule has 62 valence electrons. The third-order valence-electron chi connectivity index (χ3n) is 1.59. The monoisotopic (exact) mass is 165 g/mol. The molecule has 2 aromatic rings. The average molecular weight is 165 g/mol. The lowest BCUT2D eigenvalue weighted by Crippen LogP contribution is -2.09. The van der Waals surface area contributed by atoms with E-state index in [-0.39, 0.29) is 11.4 Å². The highest BCUT2D eigenvalue weighted by Gasteiger charge is 2.06. The van der Waals surface area contributed by atoms with E-state index in [2.05, 4.69) is 15.3 Å². The molecule has 0 aromatic carbocycles. The zero-order valence-corrected chi connectivity index (χ0v) is 6.40. The van der Waals surface area contributed by atoms with Crippen molar-refractivity contribution in [2.75, 3.05) is 5.73 Å². The number of rotatable bonds is 0. The summed E-state index contributed by atoms with van der Waals surface area (Å²) >= 11 is 0. The molecule has 0 saturated heterocycles. The van der Waals surface area contributed by atoms with Crippen molar-refractivity contribution in [1.29, 1.82) is 0 Å². The fourth-order valence-corrected chi connectivity index (χ4v) is 1.07. The molecular formula is C6H7N5O. The van der Waals surface area contributed by atoms with Crippen LogP contribution in [-0.4, -0.2) is 20.0 Å². The van der Waals surface area contributed by atoms with E-state index < -0.39 is 0 Å². The summed E-state index contributed by atoms with van der Waals surface area (Å²) in [6.07, 6.45) is 1.60.